The van der Waals surface area contributed by atoms with Crippen LogP contribution in [0.2, 0.25) is 0 Å². The molecule has 1 amide bonds. The van der Waals surface area contributed by atoms with Gasteiger partial charge >= 0.3 is 6.09 Å². The Balaban J connectivity index is 1.74. The van der Waals surface area contributed by atoms with Gasteiger partial charge in [-0.05, 0) is 44.4 Å². The number of pyridine rings is 1. The number of carbonyl (C=O) groups is 1. The average Bonchev–Trinajstić information content (AvgIpc) is 2.94. The van der Waals surface area contributed by atoms with Crippen LogP contribution < -0.4 is 0 Å². The summed E-state index contributed by atoms with van der Waals surface area (Å²) in [5.41, 5.74) is 3.53. The molecule has 2 atom stereocenters. The molecule has 1 unspecified atom stereocenters. The van der Waals surface area contributed by atoms with E-state index in [2.05, 4.69) is 4.98 Å². The van der Waals surface area contributed by atoms with Gasteiger partial charge in [-0.1, -0.05) is 6.08 Å². The van der Waals surface area contributed by atoms with Crippen LogP contribution in [0.15, 0.2) is 18.3 Å². The second-order valence-electron chi connectivity index (χ2n) is 6.95. The Morgan fingerprint density at radius 3 is 2.76 bits per heavy atom. The van der Waals surface area contributed by atoms with Crippen molar-refractivity contribution in [2.75, 3.05) is 19.7 Å². The van der Waals surface area contributed by atoms with Crippen molar-refractivity contribution in [2.24, 2.45) is 0 Å². The van der Waals surface area contributed by atoms with Crippen LogP contribution in [-0.4, -0.2) is 57.8 Å². The fourth-order valence-corrected chi connectivity index (χ4v) is 3.24. The summed E-state index contributed by atoms with van der Waals surface area (Å²) in [6.07, 6.45) is 2.08. The number of aliphatic hydroxyl groups is 1. The molecule has 1 saturated heterocycles. The van der Waals surface area contributed by atoms with Crippen LogP contribution in [0, 0.1) is 6.92 Å². The molecule has 0 bridgehead atoms. The molecule has 1 aromatic heterocycles. The first-order valence-corrected chi connectivity index (χ1v) is 8.40. The summed E-state index contributed by atoms with van der Waals surface area (Å²) >= 11 is 0. The van der Waals surface area contributed by atoms with Crippen molar-refractivity contribution in [2.45, 2.75) is 45.2 Å². The van der Waals surface area contributed by atoms with Gasteiger partial charge in [-0.3, -0.25) is 4.98 Å². The van der Waals surface area contributed by atoms with Crippen molar-refractivity contribution in [3.05, 3.63) is 35.2 Å². The van der Waals surface area contributed by atoms with Crippen molar-refractivity contribution in [1.29, 1.82) is 0 Å². The highest BCUT2D eigenvalue weighted by Gasteiger charge is 2.37. The van der Waals surface area contributed by atoms with Crippen LogP contribution in [-0.2, 0) is 9.47 Å². The lowest BCUT2D eigenvalue weighted by molar-refractivity contribution is -0.151. The van der Waals surface area contributed by atoms with Gasteiger partial charge in [-0.25, -0.2) is 4.79 Å². The molecule has 0 aromatic carbocycles. The molecule has 0 aliphatic carbocycles. The van der Waals surface area contributed by atoms with Crippen LogP contribution in [0.3, 0.4) is 0 Å². The van der Waals surface area contributed by atoms with Crippen LogP contribution in [0.5, 0.6) is 0 Å². The lowest BCUT2D eigenvalue weighted by Gasteiger charge is -2.24. The molecule has 2 aliphatic rings. The maximum absolute atomic E-state index is 11.0. The SMILES string of the molecule is Cc1cc(C(O)[C@@H]2COC(C)(C)O2)cnc1C1=CCN(C(=O)O)CC1. The standard InChI is InChI=1S/C18H24N2O5/c1-11-8-13(16(21)14-10-24-18(2,3)25-14)9-19-15(11)12-4-6-20(7-5-12)17(22)23/h4,8-9,14,16,21H,5-7,10H2,1-3H3,(H,22,23)/t14-,16?/m0/s1. The fourth-order valence-electron chi connectivity index (χ4n) is 3.24. The third-order valence-electron chi connectivity index (χ3n) is 4.61. The molecule has 7 heteroatoms. The second-order valence-corrected chi connectivity index (χ2v) is 6.95. The van der Waals surface area contributed by atoms with Crippen molar-refractivity contribution >= 4 is 11.7 Å². The Morgan fingerprint density at radius 1 is 1.48 bits per heavy atom. The fraction of sp³-hybridized carbons (Fsp3) is 0.556. The number of aliphatic hydroxyl groups excluding tert-OH is 1. The highest BCUT2D eigenvalue weighted by Crippen LogP contribution is 2.32. The predicted octanol–water partition coefficient (Wildman–Crippen LogP) is 2.34. The molecular formula is C18H24N2O5. The maximum atomic E-state index is 11.0. The molecule has 136 valence electrons. The zero-order valence-corrected chi connectivity index (χ0v) is 14.7. The molecule has 2 N–H and O–H groups in total. The molecule has 7 nitrogen and oxygen atoms in total. The summed E-state index contributed by atoms with van der Waals surface area (Å²) in [4.78, 5) is 16.9. The van der Waals surface area contributed by atoms with Crippen LogP contribution in [0.25, 0.3) is 5.57 Å². The van der Waals surface area contributed by atoms with Gasteiger partial charge in [0.05, 0.1) is 12.3 Å². The summed E-state index contributed by atoms with van der Waals surface area (Å²) in [6, 6.07) is 1.91. The Bertz CT molecular complexity index is 701. The zero-order valence-electron chi connectivity index (χ0n) is 14.7. The number of nitrogens with zero attached hydrogens (tertiary/aromatic N) is 2. The van der Waals surface area contributed by atoms with Gasteiger partial charge in [-0.15, -0.1) is 0 Å². The lowest BCUT2D eigenvalue weighted by Crippen LogP contribution is -2.33. The summed E-state index contributed by atoms with van der Waals surface area (Å²) < 4.78 is 11.2. The second kappa shape index (κ2) is 6.74. The third-order valence-corrected chi connectivity index (χ3v) is 4.61. The van der Waals surface area contributed by atoms with Crippen molar-refractivity contribution in [3.8, 4) is 0 Å². The minimum atomic E-state index is -0.903. The number of hydrogen-bond acceptors (Lipinski definition) is 5. The van der Waals surface area contributed by atoms with Crippen LogP contribution in [0.1, 0.15) is 43.2 Å². The highest BCUT2D eigenvalue weighted by atomic mass is 16.7. The number of rotatable bonds is 3. The van der Waals surface area contributed by atoms with E-state index in [0.29, 0.717) is 31.7 Å². The molecule has 3 heterocycles. The van der Waals surface area contributed by atoms with E-state index in [1.165, 1.54) is 4.90 Å². The van der Waals surface area contributed by atoms with E-state index >= 15 is 0 Å². The Morgan fingerprint density at radius 2 is 2.24 bits per heavy atom. The van der Waals surface area contributed by atoms with Gasteiger partial charge in [0.25, 0.3) is 0 Å². The largest absolute Gasteiger partial charge is 0.465 e. The molecule has 0 saturated carbocycles. The van der Waals surface area contributed by atoms with E-state index in [9.17, 15) is 9.90 Å². The summed E-state index contributed by atoms with van der Waals surface area (Å²) in [5.74, 6) is -0.684. The number of ether oxygens (including phenoxy) is 2. The van der Waals surface area contributed by atoms with E-state index in [1.54, 1.807) is 6.20 Å². The molecular weight excluding hydrogens is 324 g/mol. The molecule has 3 rings (SSSR count). The lowest BCUT2D eigenvalue weighted by atomic mass is 9.98. The molecule has 2 aliphatic heterocycles. The molecule has 1 aromatic rings. The first-order chi connectivity index (χ1) is 11.8. The summed E-state index contributed by atoms with van der Waals surface area (Å²) in [6.45, 7) is 6.77. The van der Waals surface area contributed by atoms with Gasteiger partial charge in [-0.2, -0.15) is 0 Å². The number of aromatic nitrogens is 1. The first-order valence-electron chi connectivity index (χ1n) is 8.40. The van der Waals surface area contributed by atoms with Crippen molar-refractivity contribution in [3.63, 3.8) is 0 Å². The van der Waals surface area contributed by atoms with Crippen LogP contribution >= 0.6 is 0 Å². The molecule has 25 heavy (non-hydrogen) atoms. The Labute approximate surface area is 146 Å². The maximum Gasteiger partial charge on any atom is 0.407 e. The number of hydrogen-bond donors (Lipinski definition) is 2. The monoisotopic (exact) mass is 348 g/mol. The minimum Gasteiger partial charge on any atom is -0.465 e. The Hall–Kier alpha value is -1.96. The first kappa shape index (κ1) is 17.8. The van der Waals surface area contributed by atoms with E-state index in [0.717, 1.165) is 16.8 Å². The third kappa shape index (κ3) is 3.84. The van der Waals surface area contributed by atoms with E-state index in [1.807, 2.05) is 32.9 Å². The van der Waals surface area contributed by atoms with Gasteiger partial charge in [0.1, 0.15) is 12.2 Å². The average molecular weight is 348 g/mol. The van der Waals surface area contributed by atoms with Gasteiger partial charge < -0.3 is 24.6 Å². The normalized spacial score (nSPS) is 24.1. The molecule has 0 spiro atoms. The highest BCUT2D eigenvalue weighted by molar-refractivity contribution is 5.71. The van der Waals surface area contributed by atoms with Gasteiger partial charge in [0.15, 0.2) is 5.79 Å². The molecule has 1 fully saturated rings. The summed E-state index contributed by atoms with van der Waals surface area (Å²) in [5, 5.41) is 19.6. The van der Waals surface area contributed by atoms with Crippen molar-refractivity contribution < 1.29 is 24.5 Å². The Kier molecular flexibility index (Phi) is 4.81. The van der Waals surface area contributed by atoms with Crippen LogP contribution in [0.4, 0.5) is 4.79 Å². The van der Waals surface area contributed by atoms with Gasteiger partial charge in [0.2, 0.25) is 0 Å². The van der Waals surface area contributed by atoms with Gasteiger partial charge in [0, 0.05) is 24.8 Å². The number of amides is 1. The minimum absolute atomic E-state index is 0.338. The smallest absolute Gasteiger partial charge is 0.407 e. The van der Waals surface area contributed by atoms with E-state index in [4.69, 9.17) is 14.6 Å². The topological polar surface area (TPSA) is 92.1 Å². The van der Waals surface area contributed by atoms with E-state index < -0.39 is 24.1 Å². The van der Waals surface area contributed by atoms with E-state index in [-0.39, 0.29) is 0 Å². The molecule has 0 radical (unpaired) electrons. The number of carboxylic acid groups (broad SMARTS) is 1. The number of aryl methyl sites for hydroxylation is 1. The quantitative estimate of drug-likeness (QED) is 0.871. The zero-order chi connectivity index (χ0) is 18.2. The summed E-state index contributed by atoms with van der Waals surface area (Å²) in [7, 11) is 0. The van der Waals surface area contributed by atoms with Crippen molar-refractivity contribution in [1.82, 2.24) is 9.88 Å². The predicted molar refractivity (Wildman–Crippen MR) is 91.0 cm³/mol.